The van der Waals surface area contributed by atoms with Gasteiger partial charge in [-0.05, 0) is 91.8 Å². The molecule has 2 heterocycles. The average Bonchev–Trinajstić information content (AvgIpc) is 3.16. The zero-order chi connectivity index (χ0) is 20.9. The first kappa shape index (κ1) is 20.2. The summed E-state index contributed by atoms with van der Waals surface area (Å²) in [6.07, 6.45) is 13.5. The predicted molar refractivity (Wildman–Crippen MR) is 118 cm³/mol. The molecule has 6 aliphatic rings. The van der Waals surface area contributed by atoms with E-state index in [1.54, 1.807) is 5.57 Å². The van der Waals surface area contributed by atoms with Crippen LogP contribution in [0.5, 0.6) is 0 Å². The van der Waals surface area contributed by atoms with Crippen molar-refractivity contribution in [2.75, 3.05) is 6.61 Å². The summed E-state index contributed by atoms with van der Waals surface area (Å²) in [6, 6.07) is 0. The second kappa shape index (κ2) is 6.58. The molecule has 2 saturated heterocycles. The van der Waals surface area contributed by atoms with Gasteiger partial charge < -0.3 is 14.6 Å². The molecule has 2 unspecified atom stereocenters. The molecule has 3 nitrogen and oxygen atoms in total. The SMILES string of the molecule is C[C@@H]1CC[C@@]2(OC1)OC1C[C@H]3[C@@H]4CC=C5C[C@@H](O)CC[C@]5(C)[C@H]4CC[C@]3(C)C1[C@@H]2C. The fourth-order valence-corrected chi connectivity index (χ4v) is 9.66. The summed E-state index contributed by atoms with van der Waals surface area (Å²) in [4.78, 5) is 0. The molecular weight excluding hydrogens is 372 g/mol. The van der Waals surface area contributed by atoms with Gasteiger partial charge in [-0.2, -0.15) is 0 Å². The third-order valence-corrected chi connectivity index (χ3v) is 11.3. The molecule has 0 aromatic rings. The van der Waals surface area contributed by atoms with Crippen LogP contribution in [0.2, 0.25) is 0 Å². The van der Waals surface area contributed by atoms with Gasteiger partial charge >= 0.3 is 0 Å². The van der Waals surface area contributed by atoms with Crippen molar-refractivity contribution in [1.82, 2.24) is 0 Å². The molecule has 1 spiro atoms. The van der Waals surface area contributed by atoms with Crippen LogP contribution in [0.25, 0.3) is 0 Å². The molecule has 3 heteroatoms. The highest BCUT2D eigenvalue weighted by molar-refractivity contribution is 5.26. The molecule has 0 bridgehead atoms. The number of rotatable bonds is 0. The van der Waals surface area contributed by atoms with E-state index in [0.29, 0.717) is 34.7 Å². The molecule has 6 rings (SSSR count). The first-order chi connectivity index (χ1) is 14.3. The molecule has 11 atom stereocenters. The van der Waals surface area contributed by atoms with Crippen LogP contribution >= 0.6 is 0 Å². The van der Waals surface area contributed by atoms with Crippen molar-refractivity contribution in [3.05, 3.63) is 11.6 Å². The zero-order valence-electron chi connectivity index (χ0n) is 19.5. The van der Waals surface area contributed by atoms with E-state index in [-0.39, 0.29) is 11.9 Å². The van der Waals surface area contributed by atoms with Gasteiger partial charge in [0, 0.05) is 12.3 Å². The van der Waals surface area contributed by atoms with E-state index in [0.717, 1.165) is 43.6 Å². The second-order valence-electron chi connectivity index (χ2n) is 12.7. The summed E-state index contributed by atoms with van der Waals surface area (Å²) >= 11 is 0. The minimum atomic E-state index is -0.294. The summed E-state index contributed by atoms with van der Waals surface area (Å²) in [5, 5.41) is 10.3. The number of allylic oxidation sites excluding steroid dienone is 1. The quantitative estimate of drug-likeness (QED) is 0.516. The maximum Gasteiger partial charge on any atom is 0.171 e. The fraction of sp³-hybridized carbons (Fsp3) is 0.926. The summed E-state index contributed by atoms with van der Waals surface area (Å²) in [7, 11) is 0. The first-order valence-corrected chi connectivity index (χ1v) is 13.0. The third kappa shape index (κ3) is 2.55. The molecule has 0 aromatic carbocycles. The maximum atomic E-state index is 10.3. The Morgan fingerprint density at radius 2 is 1.87 bits per heavy atom. The largest absolute Gasteiger partial charge is 0.393 e. The lowest BCUT2D eigenvalue weighted by Crippen LogP contribution is -2.52. The topological polar surface area (TPSA) is 38.7 Å². The molecule has 2 aliphatic heterocycles. The van der Waals surface area contributed by atoms with Gasteiger partial charge in [0.2, 0.25) is 0 Å². The van der Waals surface area contributed by atoms with E-state index in [9.17, 15) is 5.11 Å². The minimum absolute atomic E-state index is 0.107. The molecule has 4 aliphatic carbocycles. The molecular formula is C27H42O3. The normalized spacial score (nSPS) is 59.8. The number of hydrogen-bond donors (Lipinski definition) is 1. The smallest absolute Gasteiger partial charge is 0.171 e. The highest BCUT2D eigenvalue weighted by atomic mass is 16.7. The molecule has 168 valence electrons. The standard InChI is InChI=1S/C27H42O3/c1-16-7-12-27(29-15-16)17(2)24-23(30-27)14-22-20-6-5-18-13-19(28)8-10-25(18,3)21(20)9-11-26(22,24)4/h5,16-17,19-24,28H,6-15H2,1-4H3/t16-,17+,19+,20-,21+,22+,23?,24?,25+,26+,27-/m1/s1. The van der Waals surface area contributed by atoms with E-state index in [1.807, 2.05) is 0 Å². The Kier molecular flexibility index (Phi) is 4.44. The van der Waals surface area contributed by atoms with Gasteiger partial charge in [-0.15, -0.1) is 0 Å². The van der Waals surface area contributed by atoms with Crippen molar-refractivity contribution in [3.63, 3.8) is 0 Å². The van der Waals surface area contributed by atoms with Crippen molar-refractivity contribution in [3.8, 4) is 0 Å². The van der Waals surface area contributed by atoms with Crippen molar-refractivity contribution in [2.24, 2.45) is 46.3 Å². The van der Waals surface area contributed by atoms with E-state index in [1.165, 1.54) is 38.5 Å². The van der Waals surface area contributed by atoms with Gasteiger partial charge in [0.15, 0.2) is 5.79 Å². The van der Waals surface area contributed by atoms with Crippen LogP contribution in [0.3, 0.4) is 0 Å². The number of hydrogen-bond acceptors (Lipinski definition) is 3. The Labute approximate surface area is 183 Å². The minimum Gasteiger partial charge on any atom is -0.393 e. The van der Waals surface area contributed by atoms with Gasteiger partial charge in [-0.3, -0.25) is 0 Å². The van der Waals surface area contributed by atoms with Crippen LogP contribution in [-0.4, -0.2) is 29.7 Å². The third-order valence-electron chi connectivity index (χ3n) is 11.3. The molecule has 3 saturated carbocycles. The molecule has 30 heavy (non-hydrogen) atoms. The average molecular weight is 415 g/mol. The predicted octanol–water partition coefficient (Wildman–Crippen LogP) is 5.71. The van der Waals surface area contributed by atoms with E-state index in [2.05, 4.69) is 33.8 Å². The van der Waals surface area contributed by atoms with Crippen LogP contribution in [0.15, 0.2) is 11.6 Å². The Bertz CT molecular complexity index is 736. The Morgan fingerprint density at radius 1 is 1.03 bits per heavy atom. The van der Waals surface area contributed by atoms with Crippen LogP contribution in [0.1, 0.15) is 85.5 Å². The Morgan fingerprint density at radius 3 is 2.63 bits per heavy atom. The monoisotopic (exact) mass is 414 g/mol. The van der Waals surface area contributed by atoms with Gasteiger partial charge in [-0.1, -0.05) is 39.3 Å². The van der Waals surface area contributed by atoms with E-state index < -0.39 is 0 Å². The van der Waals surface area contributed by atoms with Gasteiger partial charge in [0.05, 0.1) is 18.8 Å². The number of fused-ring (bicyclic) bond motifs is 7. The summed E-state index contributed by atoms with van der Waals surface area (Å²) in [5.74, 6) is 3.94. The summed E-state index contributed by atoms with van der Waals surface area (Å²) in [6.45, 7) is 10.8. The Hall–Kier alpha value is -0.380. The van der Waals surface area contributed by atoms with Crippen LogP contribution in [0, 0.1) is 46.3 Å². The van der Waals surface area contributed by atoms with Gasteiger partial charge in [0.1, 0.15) is 0 Å². The Balaban J connectivity index is 1.28. The van der Waals surface area contributed by atoms with Crippen molar-refractivity contribution < 1.29 is 14.6 Å². The number of ether oxygens (including phenoxy) is 2. The lowest BCUT2D eigenvalue weighted by Gasteiger charge is -2.58. The van der Waals surface area contributed by atoms with Crippen molar-refractivity contribution in [1.29, 1.82) is 0 Å². The van der Waals surface area contributed by atoms with E-state index in [4.69, 9.17) is 9.47 Å². The second-order valence-corrected chi connectivity index (χ2v) is 12.7. The highest BCUT2D eigenvalue weighted by Gasteiger charge is 2.68. The number of aliphatic hydroxyl groups is 1. The van der Waals surface area contributed by atoms with Crippen molar-refractivity contribution >= 4 is 0 Å². The molecule has 5 fully saturated rings. The van der Waals surface area contributed by atoms with Gasteiger partial charge in [-0.25, -0.2) is 0 Å². The first-order valence-electron chi connectivity index (χ1n) is 13.0. The lowest BCUT2D eigenvalue weighted by atomic mass is 9.47. The molecule has 0 aromatic heterocycles. The summed E-state index contributed by atoms with van der Waals surface area (Å²) in [5.41, 5.74) is 2.31. The highest BCUT2D eigenvalue weighted by Crippen LogP contribution is 2.70. The van der Waals surface area contributed by atoms with Crippen molar-refractivity contribution in [2.45, 2.75) is 103 Å². The van der Waals surface area contributed by atoms with E-state index >= 15 is 0 Å². The zero-order valence-corrected chi connectivity index (χ0v) is 19.5. The molecule has 1 N–H and O–H groups in total. The summed E-state index contributed by atoms with van der Waals surface area (Å²) < 4.78 is 13.3. The van der Waals surface area contributed by atoms with Crippen LogP contribution < -0.4 is 0 Å². The maximum absolute atomic E-state index is 10.3. The van der Waals surface area contributed by atoms with Crippen LogP contribution in [-0.2, 0) is 9.47 Å². The lowest BCUT2D eigenvalue weighted by molar-refractivity contribution is -0.272. The van der Waals surface area contributed by atoms with Crippen LogP contribution in [0.4, 0.5) is 0 Å². The number of aliphatic hydroxyl groups excluding tert-OH is 1. The molecule has 0 amide bonds. The molecule has 0 radical (unpaired) electrons. The fourth-order valence-electron chi connectivity index (χ4n) is 9.66. The van der Waals surface area contributed by atoms with Gasteiger partial charge in [0.25, 0.3) is 0 Å².